The third-order valence-corrected chi connectivity index (χ3v) is 8.02. The van der Waals surface area contributed by atoms with E-state index in [1.165, 1.54) is 0 Å². The van der Waals surface area contributed by atoms with Crippen LogP contribution in [0.15, 0.2) is 39.8 Å². The van der Waals surface area contributed by atoms with Crippen molar-refractivity contribution in [3.8, 4) is 17.4 Å². The van der Waals surface area contributed by atoms with Crippen molar-refractivity contribution in [2.24, 2.45) is 0 Å². The topological polar surface area (TPSA) is 124 Å². The average Bonchev–Trinajstić information content (AvgIpc) is 3.53. The van der Waals surface area contributed by atoms with Gasteiger partial charge in [-0.05, 0) is 49.6 Å². The highest BCUT2D eigenvalue weighted by atomic mass is 35.5. The lowest BCUT2D eigenvalue weighted by molar-refractivity contribution is -0.0592. The Morgan fingerprint density at radius 1 is 1.19 bits per heavy atom. The number of nitrogens with zero attached hydrogens (tertiary/aromatic N) is 6. The highest BCUT2D eigenvalue weighted by molar-refractivity contribution is 6.30. The molecule has 0 amide bonds. The van der Waals surface area contributed by atoms with Gasteiger partial charge in [0.1, 0.15) is 29.8 Å². The smallest absolute Gasteiger partial charge is 0.439 e. The summed E-state index contributed by atoms with van der Waals surface area (Å²) in [5, 5.41) is 3.72. The second kappa shape index (κ2) is 11.1. The van der Waals surface area contributed by atoms with Crippen LogP contribution in [0.1, 0.15) is 34.6 Å². The predicted molar refractivity (Wildman–Crippen MR) is 150 cm³/mol. The molecule has 0 aliphatic carbocycles. The number of aromatic nitrogens is 6. The SMILES string of the molecule is Cc1cc2c(nc1OCc1c(F)cc(Cl)cc1F)CN(Cc1nc3cc(-c4noc(=O)[nH]4)ncc3n1C[C@@H]1CCO1)CC2. The van der Waals surface area contributed by atoms with Crippen molar-refractivity contribution in [2.45, 2.75) is 52.1 Å². The number of hydrogen-bond donors (Lipinski definition) is 1. The maximum absolute atomic E-state index is 14.3. The van der Waals surface area contributed by atoms with Gasteiger partial charge in [0.2, 0.25) is 11.7 Å². The van der Waals surface area contributed by atoms with Gasteiger partial charge in [-0.1, -0.05) is 16.8 Å². The van der Waals surface area contributed by atoms with E-state index in [4.69, 9.17) is 31.0 Å². The van der Waals surface area contributed by atoms with Gasteiger partial charge in [0, 0.05) is 30.3 Å². The van der Waals surface area contributed by atoms with Crippen LogP contribution in [0.5, 0.6) is 5.88 Å². The van der Waals surface area contributed by atoms with Crippen molar-refractivity contribution in [2.75, 3.05) is 13.2 Å². The number of halogens is 3. The van der Waals surface area contributed by atoms with Crippen LogP contribution in [0.4, 0.5) is 8.78 Å². The molecule has 2 aliphatic rings. The van der Waals surface area contributed by atoms with E-state index in [-0.39, 0.29) is 29.1 Å². The summed E-state index contributed by atoms with van der Waals surface area (Å²) in [5.41, 5.74) is 4.56. The molecule has 1 aromatic carbocycles. The standard InChI is InChI=1S/C29H26ClF2N7O4/c1-15-6-16-2-4-38(12-24(16)35-28(15)42-14-19-20(31)7-17(30)8-21(19)32)13-26-34-22-9-23(27-36-29(40)43-37-27)33-10-25(22)39(26)11-18-3-5-41-18/h6-10,18H,2-5,11-14H2,1H3,(H,36,37,40)/t18-/m0/s1. The van der Waals surface area contributed by atoms with E-state index in [0.717, 1.165) is 66.3 Å². The Hall–Kier alpha value is -4.20. The lowest BCUT2D eigenvalue weighted by Gasteiger charge is -2.30. The van der Waals surface area contributed by atoms with Gasteiger partial charge < -0.3 is 14.0 Å². The fraction of sp³-hybridized carbons (Fsp3) is 0.345. The number of benzene rings is 1. The lowest BCUT2D eigenvalue weighted by atomic mass is 10.0. The minimum Gasteiger partial charge on any atom is -0.472 e. The molecule has 6 heterocycles. The Kier molecular flexibility index (Phi) is 7.15. The molecule has 1 N–H and O–H groups in total. The Morgan fingerprint density at radius 2 is 2.00 bits per heavy atom. The molecule has 7 rings (SSSR count). The number of fused-ring (bicyclic) bond motifs is 2. The van der Waals surface area contributed by atoms with Crippen LogP contribution < -0.4 is 10.5 Å². The fourth-order valence-electron chi connectivity index (χ4n) is 5.44. The summed E-state index contributed by atoms with van der Waals surface area (Å²) in [6.07, 6.45) is 3.57. The Bertz CT molecular complexity index is 1880. The van der Waals surface area contributed by atoms with Gasteiger partial charge in [0.25, 0.3) is 0 Å². The largest absolute Gasteiger partial charge is 0.472 e. The van der Waals surface area contributed by atoms with Crippen LogP contribution >= 0.6 is 11.6 Å². The van der Waals surface area contributed by atoms with Crippen molar-refractivity contribution in [3.63, 3.8) is 0 Å². The van der Waals surface area contributed by atoms with Crippen LogP contribution in [-0.2, 0) is 37.4 Å². The average molecular weight is 610 g/mol. The Labute approximate surface area is 248 Å². The van der Waals surface area contributed by atoms with Crippen LogP contribution in [0.25, 0.3) is 22.6 Å². The van der Waals surface area contributed by atoms with E-state index < -0.39 is 17.4 Å². The van der Waals surface area contributed by atoms with E-state index in [1.54, 1.807) is 12.3 Å². The Morgan fingerprint density at radius 3 is 2.72 bits per heavy atom. The summed E-state index contributed by atoms with van der Waals surface area (Å²) in [7, 11) is 0. The van der Waals surface area contributed by atoms with E-state index in [0.29, 0.717) is 36.7 Å². The van der Waals surface area contributed by atoms with Crippen LogP contribution in [-0.4, -0.2) is 53.8 Å². The summed E-state index contributed by atoms with van der Waals surface area (Å²) in [4.78, 5) is 30.4. The van der Waals surface area contributed by atoms with Crippen LogP contribution in [0.3, 0.4) is 0 Å². The highest BCUT2D eigenvalue weighted by Gasteiger charge is 2.26. The molecule has 0 bridgehead atoms. The molecule has 0 radical (unpaired) electrons. The third kappa shape index (κ3) is 5.51. The summed E-state index contributed by atoms with van der Waals surface area (Å²) in [6.45, 7) is 4.83. The number of nitrogens with one attached hydrogen (secondary N) is 1. The molecule has 1 saturated heterocycles. The third-order valence-electron chi connectivity index (χ3n) is 7.81. The second-order valence-corrected chi connectivity index (χ2v) is 11.2. The molecule has 0 unspecified atom stereocenters. The molecule has 0 saturated carbocycles. The van der Waals surface area contributed by atoms with Gasteiger partial charge >= 0.3 is 5.76 Å². The number of ether oxygens (including phenoxy) is 2. The first kappa shape index (κ1) is 27.6. The van der Waals surface area contributed by atoms with Gasteiger partial charge in [-0.2, -0.15) is 0 Å². The maximum atomic E-state index is 14.3. The molecule has 1 atom stereocenters. The monoisotopic (exact) mass is 609 g/mol. The van der Waals surface area contributed by atoms with Crippen molar-refractivity contribution in [1.29, 1.82) is 0 Å². The predicted octanol–water partition coefficient (Wildman–Crippen LogP) is 4.34. The normalized spacial score (nSPS) is 16.8. The molecule has 5 aromatic rings. The van der Waals surface area contributed by atoms with Crippen LogP contribution in [0, 0.1) is 18.6 Å². The molecule has 11 nitrogen and oxygen atoms in total. The number of hydrogen-bond acceptors (Lipinski definition) is 9. The minimum atomic E-state index is -0.765. The molecular weight excluding hydrogens is 584 g/mol. The quantitative estimate of drug-likeness (QED) is 0.274. The van der Waals surface area contributed by atoms with Gasteiger partial charge in [-0.3, -0.25) is 19.4 Å². The zero-order valence-electron chi connectivity index (χ0n) is 23.1. The molecule has 4 aromatic heterocycles. The maximum Gasteiger partial charge on any atom is 0.439 e. The fourth-order valence-corrected chi connectivity index (χ4v) is 5.63. The number of H-pyrrole nitrogens is 1. The van der Waals surface area contributed by atoms with E-state index in [2.05, 4.69) is 29.1 Å². The van der Waals surface area contributed by atoms with Gasteiger partial charge in [-0.15, -0.1) is 0 Å². The summed E-state index contributed by atoms with van der Waals surface area (Å²) >= 11 is 5.75. The minimum absolute atomic E-state index is 0.0151. The summed E-state index contributed by atoms with van der Waals surface area (Å²) in [6, 6.07) is 5.92. The van der Waals surface area contributed by atoms with Crippen LogP contribution in [0.2, 0.25) is 5.02 Å². The number of imidazole rings is 1. The summed E-state index contributed by atoms with van der Waals surface area (Å²) < 4.78 is 46.9. The number of pyridine rings is 2. The Balaban J connectivity index is 1.13. The van der Waals surface area contributed by atoms with E-state index >= 15 is 0 Å². The number of rotatable bonds is 8. The second-order valence-electron chi connectivity index (χ2n) is 10.7. The molecule has 2 aliphatic heterocycles. The first-order valence-electron chi connectivity index (χ1n) is 13.8. The van der Waals surface area contributed by atoms with Gasteiger partial charge in [0.05, 0.1) is 47.7 Å². The molecule has 222 valence electrons. The van der Waals surface area contributed by atoms with Crippen molar-refractivity contribution >= 4 is 22.6 Å². The zero-order valence-corrected chi connectivity index (χ0v) is 23.8. The molecule has 0 spiro atoms. The van der Waals surface area contributed by atoms with Gasteiger partial charge in [-0.25, -0.2) is 23.5 Å². The van der Waals surface area contributed by atoms with Crippen molar-refractivity contribution < 1.29 is 22.8 Å². The molecular formula is C29H26ClF2N7O4. The first-order valence-corrected chi connectivity index (χ1v) is 14.2. The van der Waals surface area contributed by atoms with E-state index in [9.17, 15) is 13.6 Å². The van der Waals surface area contributed by atoms with Gasteiger partial charge in [0.15, 0.2) is 0 Å². The zero-order chi connectivity index (χ0) is 29.7. The first-order chi connectivity index (χ1) is 20.8. The number of aryl methyl sites for hydroxylation is 1. The van der Waals surface area contributed by atoms with E-state index in [1.807, 2.05) is 13.0 Å². The molecule has 1 fully saturated rings. The number of aromatic amines is 1. The molecule has 14 heteroatoms. The highest BCUT2D eigenvalue weighted by Crippen LogP contribution is 2.29. The van der Waals surface area contributed by atoms with Crippen molar-refractivity contribution in [3.05, 3.63) is 85.9 Å². The lowest BCUT2D eigenvalue weighted by Crippen LogP contribution is -2.34. The summed E-state index contributed by atoms with van der Waals surface area (Å²) in [5.74, 6) is -0.777. The van der Waals surface area contributed by atoms with Crippen molar-refractivity contribution in [1.82, 2.24) is 34.6 Å². The molecule has 43 heavy (non-hydrogen) atoms.